The van der Waals surface area contributed by atoms with Gasteiger partial charge in [-0.3, -0.25) is 14.2 Å². The second-order valence-electron chi connectivity index (χ2n) is 6.44. The van der Waals surface area contributed by atoms with Crippen LogP contribution in [0.25, 0.3) is 10.2 Å². The number of carbonyl (C=O) groups is 1. The molecule has 0 saturated heterocycles. The van der Waals surface area contributed by atoms with Gasteiger partial charge in [0.1, 0.15) is 4.83 Å². The van der Waals surface area contributed by atoms with Gasteiger partial charge in [-0.25, -0.2) is 4.98 Å². The van der Waals surface area contributed by atoms with Crippen LogP contribution in [-0.2, 0) is 11.3 Å². The number of benzene rings is 1. The van der Waals surface area contributed by atoms with Crippen molar-refractivity contribution in [1.29, 1.82) is 0 Å². The lowest BCUT2D eigenvalue weighted by molar-refractivity contribution is -0.115. The number of hydrogen-bond acceptors (Lipinski definition) is 5. The Morgan fingerprint density at radius 1 is 1.41 bits per heavy atom. The van der Waals surface area contributed by atoms with Crippen LogP contribution in [0.3, 0.4) is 0 Å². The van der Waals surface area contributed by atoms with E-state index in [9.17, 15) is 9.59 Å². The Morgan fingerprint density at radius 3 is 2.79 bits per heavy atom. The van der Waals surface area contributed by atoms with Gasteiger partial charge in [0, 0.05) is 16.4 Å². The van der Waals surface area contributed by atoms with Crippen LogP contribution in [0.15, 0.2) is 40.8 Å². The molecule has 0 bridgehead atoms. The fourth-order valence-corrected chi connectivity index (χ4v) is 5.17. The number of aryl methyl sites for hydroxylation is 2. The summed E-state index contributed by atoms with van der Waals surface area (Å²) >= 11 is 14.7. The molecule has 1 N–H and O–H groups in total. The van der Waals surface area contributed by atoms with Crippen molar-refractivity contribution < 1.29 is 4.79 Å². The summed E-state index contributed by atoms with van der Waals surface area (Å²) in [5.74, 6) is -0.253. The lowest BCUT2D eigenvalue weighted by Crippen LogP contribution is -2.26. The number of allylic oxidation sites excluding steroid dienone is 1. The van der Waals surface area contributed by atoms with Gasteiger partial charge >= 0.3 is 0 Å². The number of fused-ring (bicyclic) bond motifs is 1. The summed E-state index contributed by atoms with van der Waals surface area (Å²) in [7, 11) is 0. The summed E-state index contributed by atoms with van der Waals surface area (Å²) in [6, 6.07) is 4.86. The van der Waals surface area contributed by atoms with E-state index in [-0.39, 0.29) is 11.5 Å². The Labute approximate surface area is 186 Å². The topological polar surface area (TPSA) is 64.0 Å². The zero-order valence-electron chi connectivity index (χ0n) is 16.1. The molecule has 0 saturated carbocycles. The van der Waals surface area contributed by atoms with Crippen LogP contribution in [0.5, 0.6) is 0 Å². The highest BCUT2D eigenvalue weighted by Gasteiger charge is 2.21. The molecule has 2 aromatic heterocycles. The molecule has 1 unspecified atom stereocenters. The van der Waals surface area contributed by atoms with Crippen molar-refractivity contribution in [1.82, 2.24) is 9.55 Å². The molecule has 152 valence electrons. The number of nitrogens with one attached hydrogen (secondary N) is 1. The zero-order valence-corrected chi connectivity index (χ0v) is 19.2. The molecular weight excluding hydrogens is 449 g/mol. The molecule has 0 radical (unpaired) electrons. The van der Waals surface area contributed by atoms with Gasteiger partial charge in [0.05, 0.1) is 21.3 Å². The number of halogens is 2. The molecule has 2 heterocycles. The van der Waals surface area contributed by atoms with Crippen molar-refractivity contribution in [2.45, 2.75) is 37.7 Å². The molecule has 0 aliphatic rings. The molecule has 1 amide bonds. The highest BCUT2D eigenvalue weighted by atomic mass is 35.5. The van der Waals surface area contributed by atoms with E-state index in [0.717, 1.165) is 10.4 Å². The van der Waals surface area contributed by atoms with Crippen LogP contribution in [0.1, 0.15) is 17.4 Å². The number of hydrogen-bond donors (Lipinski definition) is 1. The van der Waals surface area contributed by atoms with Gasteiger partial charge < -0.3 is 5.32 Å². The number of carbonyl (C=O) groups excluding carboxylic acids is 1. The third-order valence-corrected chi connectivity index (χ3v) is 7.14. The molecule has 5 nitrogen and oxygen atoms in total. The van der Waals surface area contributed by atoms with Gasteiger partial charge in [-0.2, -0.15) is 0 Å². The van der Waals surface area contributed by atoms with E-state index in [0.29, 0.717) is 37.7 Å². The van der Waals surface area contributed by atoms with E-state index in [1.54, 1.807) is 35.8 Å². The monoisotopic (exact) mass is 467 g/mol. The average molecular weight is 468 g/mol. The first-order valence-electron chi connectivity index (χ1n) is 8.77. The lowest BCUT2D eigenvalue weighted by atomic mass is 10.2. The van der Waals surface area contributed by atoms with Gasteiger partial charge in [0.2, 0.25) is 5.91 Å². The maximum Gasteiger partial charge on any atom is 0.263 e. The Hall–Kier alpha value is -1.80. The molecule has 9 heteroatoms. The predicted molar refractivity (Wildman–Crippen MR) is 124 cm³/mol. The summed E-state index contributed by atoms with van der Waals surface area (Å²) in [4.78, 5) is 32.1. The first-order chi connectivity index (χ1) is 13.7. The number of anilines is 1. The van der Waals surface area contributed by atoms with Crippen LogP contribution in [-0.4, -0.2) is 20.7 Å². The Morgan fingerprint density at radius 2 is 2.14 bits per heavy atom. The van der Waals surface area contributed by atoms with Crippen molar-refractivity contribution in [3.63, 3.8) is 0 Å². The highest BCUT2D eigenvalue weighted by Crippen LogP contribution is 2.31. The third kappa shape index (κ3) is 4.53. The summed E-state index contributed by atoms with van der Waals surface area (Å²) in [5, 5.41) is 4.24. The summed E-state index contributed by atoms with van der Waals surface area (Å²) in [6.45, 7) is 9.70. The SMILES string of the molecule is C=CCn1c(SC(C)C(=O)Nc2ccc(Cl)cc2Cl)nc2sc(C)c(C)c2c1=O. The maximum atomic E-state index is 13.0. The van der Waals surface area contributed by atoms with Crippen molar-refractivity contribution >= 4 is 68.1 Å². The Kier molecular flexibility index (Phi) is 6.73. The van der Waals surface area contributed by atoms with E-state index < -0.39 is 5.25 Å². The molecule has 0 aliphatic carbocycles. The van der Waals surface area contributed by atoms with E-state index in [4.69, 9.17) is 23.2 Å². The third-order valence-electron chi connectivity index (χ3n) is 4.41. The smallest absolute Gasteiger partial charge is 0.263 e. The largest absolute Gasteiger partial charge is 0.324 e. The number of amides is 1. The van der Waals surface area contributed by atoms with E-state index in [1.807, 2.05) is 13.8 Å². The molecule has 0 fully saturated rings. The van der Waals surface area contributed by atoms with Crippen LogP contribution >= 0.6 is 46.3 Å². The first-order valence-corrected chi connectivity index (χ1v) is 11.2. The highest BCUT2D eigenvalue weighted by molar-refractivity contribution is 8.00. The van der Waals surface area contributed by atoms with Gasteiger partial charge in [0.15, 0.2) is 5.16 Å². The van der Waals surface area contributed by atoms with E-state index in [1.165, 1.54) is 23.1 Å². The van der Waals surface area contributed by atoms with Crippen LogP contribution in [0.2, 0.25) is 10.0 Å². The van der Waals surface area contributed by atoms with Gasteiger partial charge in [-0.15, -0.1) is 17.9 Å². The molecule has 1 aromatic carbocycles. The number of aromatic nitrogens is 2. The summed E-state index contributed by atoms with van der Waals surface area (Å²) < 4.78 is 1.55. The molecule has 3 aromatic rings. The maximum absolute atomic E-state index is 13.0. The quantitative estimate of drug-likeness (QED) is 0.287. The van der Waals surface area contributed by atoms with E-state index in [2.05, 4.69) is 16.9 Å². The van der Waals surface area contributed by atoms with Crippen molar-refractivity contribution in [2.24, 2.45) is 0 Å². The minimum absolute atomic E-state index is 0.118. The molecule has 29 heavy (non-hydrogen) atoms. The molecule has 0 spiro atoms. The lowest BCUT2D eigenvalue weighted by Gasteiger charge is -2.15. The Bertz CT molecular complexity index is 1170. The summed E-state index contributed by atoms with van der Waals surface area (Å²) in [5.41, 5.74) is 1.30. The zero-order chi connectivity index (χ0) is 21.3. The van der Waals surface area contributed by atoms with Gasteiger partial charge in [-0.05, 0) is 44.5 Å². The fourth-order valence-electron chi connectivity index (χ4n) is 2.73. The average Bonchev–Trinajstić information content (AvgIpc) is 2.94. The van der Waals surface area contributed by atoms with Crippen molar-refractivity contribution in [3.05, 3.63) is 61.7 Å². The molecular formula is C20H19Cl2N3O2S2. The second-order valence-corrected chi connectivity index (χ2v) is 9.79. The van der Waals surface area contributed by atoms with Crippen LogP contribution < -0.4 is 10.9 Å². The van der Waals surface area contributed by atoms with Crippen molar-refractivity contribution in [3.8, 4) is 0 Å². The minimum Gasteiger partial charge on any atom is -0.324 e. The second kappa shape index (κ2) is 8.92. The normalized spacial score (nSPS) is 12.2. The number of nitrogens with zero attached hydrogens (tertiary/aromatic N) is 2. The first kappa shape index (κ1) is 21.9. The van der Waals surface area contributed by atoms with Gasteiger partial charge in [0.25, 0.3) is 5.56 Å². The number of rotatable bonds is 6. The molecule has 1 atom stereocenters. The van der Waals surface area contributed by atoms with Gasteiger partial charge in [-0.1, -0.05) is 41.0 Å². The van der Waals surface area contributed by atoms with Crippen LogP contribution in [0.4, 0.5) is 5.69 Å². The predicted octanol–water partition coefficient (Wildman–Crippen LogP) is 5.69. The number of thioether (sulfide) groups is 1. The summed E-state index contributed by atoms with van der Waals surface area (Å²) in [6.07, 6.45) is 1.64. The molecule has 0 aliphatic heterocycles. The fraction of sp³-hybridized carbons (Fsp3) is 0.250. The number of thiophene rings is 1. The minimum atomic E-state index is -0.510. The van der Waals surface area contributed by atoms with Crippen molar-refractivity contribution in [2.75, 3.05) is 5.32 Å². The van der Waals surface area contributed by atoms with Crippen LogP contribution in [0, 0.1) is 13.8 Å². The standard InChI is InChI=1S/C20H19Cl2N3O2S2/c1-5-8-25-19(27)16-10(2)11(3)28-18(16)24-20(25)29-12(4)17(26)23-15-7-6-13(21)9-14(15)22/h5-7,9,12H,1,8H2,2-4H3,(H,23,26). The Balaban J connectivity index is 1.91. The van der Waals surface area contributed by atoms with E-state index >= 15 is 0 Å². The molecule has 3 rings (SSSR count).